The molecule has 1 atom stereocenters. The lowest BCUT2D eigenvalue weighted by Crippen LogP contribution is -2.15. The van der Waals surface area contributed by atoms with Gasteiger partial charge in [0, 0.05) is 6.04 Å². The third kappa shape index (κ3) is 2.48. The molecule has 0 unspecified atom stereocenters. The number of nitrogens with zero attached hydrogens (tertiary/aromatic N) is 1. The molecule has 0 aromatic heterocycles. The lowest BCUT2D eigenvalue weighted by molar-refractivity contribution is -0.138. The highest BCUT2D eigenvalue weighted by molar-refractivity contribution is 5.40. The molecule has 80 valence electrons. The Morgan fingerprint density at radius 3 is 2.40 bits per heavy atom. The molecule has 5 heteroatoms. The van der Waals surface area contributed by atoms with Crippen LogP contribution in [0.1, 0.15) is 29.7 Å². The zero-order chi connectivity index (χ0) is 11.6. The molecular weight excluding hydrogens is 205 g/mol. The summed E-state index contributed by atoms with van der Waals surface area (Å²) in [6, 6.07) is 4.34. The first-order valence-electron chi connectivity index (χ1n) is 4.23. The Kier molecular flexibility index (Phi) is 3.01. The average molecular weight is 214 g/mol. The standard InChI is InChI=1S/C10H9F3N2/c1-6(15)8-3-2-7(5-14)4-9(8)10(11,12)13/h2-4,6H,15H2,1H3/t6-/m1/s1. The summed E-state index contributed by atoms with van der Waals surface area (Å²) >= 11 is 0. The molecule has 1 aromatic carbocycles. The van der Waals surface area contributed by atoms with E-state index < -0.39 is 17.8 Å². The van der Waals surface area contributed by atoms with Gasteiger partial charge in [0.15, 0.2) is 0 Å². The number of rotatable bonds is 1. The van der Waals surface area contributed by atoms with E-state index in [9.17, 15) is 13.2 Å². The van der Waals surface area contributed by atoms with E-state index in [4.69, 9.17) is 11.0 Å². The summed E-state index contributed by atoms with van der Waals surface area (Å²) in [6.45, 7) is 1.47. The molecule has 0 saturated carbocycles. The molecule has 0 spiro atoms. The first kappa shape index (κ1) is 11.5. The lowest BCUT2D eigenvalue weighted by Gasteiger charge is -2.15. The van der Waals surface area contributed by atoms with Gasteiger partial charge in [-0.05, 0) is 24.6 Å². The van der Waals surface area contributed by atoms with Crippen LogP contribution in [0.15, 0.2) is 18.2 Å². The van der Waals surface area contributed by atoms with Crippen molar-refractivity contribution < 1.29 is 13.2 Å². The number of nitriles is 1. The highest BCUT2D eigenvalue weighted by Crippen LogP contribution is 2.34. The van der Waals surface area contributed by atoms with E-state index in [-0.39, 0.29) is 11.1 Å². The van der Waals surface area contributed by atoms with E-state index in [0.29, 0.717) is 0 Å². The van der Waals surface area contributed by atoms with E-state index in [1.54, 1.807) is 6.07 Å². The van der Waals surface area contributed by atoms with Crippen molar-refractivity contribution in [3.8, 4) is 6.07 Å². The molecule has 0 saturated heterocycles. The van der Waals surface area contributed by atoms with Gasteiger partial charge in [-0.1, -0.05) is 6.07 Å². The Morgan fingerprint density at radius 1 is 1.40 bits per heavy atom. The molecule has 2 N–H and O–H groups in total. The van der Waals surface area contributed by atoms with Crippen molar-refractivity contribution in [2.24, 2.45) is 5.73 Å². The van der Waals surface area contributed by atoms with Crippen molar-refractivity contribution in [1.29, 1.82) is 5.26 Å². The summed E-state index contributed by atoms with van der Waals surface area (Å²) in [5.41, 5.74) is 4.56. The number of alkyl halides is 3. The summed E-state index contributed by atoms with van der Waals surface area (Å²) in [7, 11) is 0. The summed E-state index contributed by atoms with van der Waals surface area (Å²) < 4.78 is 37.7. The summed E-state index contributed by atoms with van der Waals surface area (Å²) in [5.74, 6) is 0. The van der Waals surface area contributed by atoms with Crippen LogP contribution in [0.25, 0.3) is 0 Å². The van der Waals surface area contributed by atoms with E-state index >= 15 is 0 Å². The maximum absolute atomic E-state index is 12.6. The molecule has 0 heterocycles. The van der Waals surface area contributed by atoms with Crippen LogP contribution in [-0.2, 0) is 6.18 Å². The van der Waals surface area contributed by atoms with E-state index in [0.717, 1.165) is 6.07 Å². The number of hydrogen-bond acceptors (Lipinski definition) is 2. The van der Waals surface area contributed by atoms with E-state index in [1.807, 2.05) is 0 Å². The van der Waals surface area contributed by atoms with Gasteiger partial charge in [-0.15, -0.1) is 0 Å². The predicted molar refractivity (Wildman–Crippen MR) is 48.8 cm³/mol. The van der Waals surface area contributed by atoms with Gasteiger partial charge in [0.05, 0.1) is 17.2 Å². The maximum Gasteiger partial charge on any atom is 0.416 e. The van der Waals surface area contributed by atoms with Gasteiger partial charge >= 0.3 is 6.18 Å². The molecule has 0 fully saturated rings. The van der Waals surface area contributed by atoms with Gasteiger partial charge in [-0.2, -0.15) is 18.4 Å². The monoisotopic (exact) mass is 214 g/mol. The molecule has 1 aromatic rings. The maximum atomic E-state index is 12.6. The van der Waals surface area contributed by atoms with Crippen molar-refractivity contribution in [3.05, 3.63) is 34.9 Å². The molecule has 0 amide bonds. The van der Waals surface area contributed by atoms with Gasteiger partial charge in [0.2, 0.25) is 0 Å². The number of benzene rings is 1. The van der Waals surface area contributed by atoms with Gasteiger partial charge in [-0.3, -0.25) is 0 Å². The fraction of sp³-hybridized carbons (Fsp3) is 0.300. The molecule has 2 nitrogen and oxygen atoms in total. The third-order valence-corrected chi connectivity index (χ3v) is 1.98. The van der Waals surface area contributed by atoms with Crippen molar-refractivity contribution in [1.82, 2.24) is 0 Å². The Hall–Kier alpha value is -1.54. The Morgan fingerprint density at radius 2 is 2.00 bits per heavy atom. The van der Waals surface area contributed by atoms with Crippen molar-refractivity contribution in [2.75, 3.05) is 0 Å². The van der Waals surface area contributed by atoms with Crippen molar-refractivity contribution in [3.63, 3.8) is 0 Å². The summed E-state index contributed by atoms with van der Waals surface area (Å²) in [6.07, 6.45) is -4.48. The van der Waals surface area contributed by atoms with Gasteiger partial charge in [0.1, 0.15) is 0 Å². The van der Waals surface area contributed by atoms with Crippen LogP contribution in [0.2, 0.25) is 0 Å². The van der Waals surface area contributed by atoms with Crippen LogP contribution in [0.4, 0.5) is 13.2 Å². The minimum absolute atomic E-state index is 0.00139. The molecule has 0 radical (unpaired) electrons. The minimum atomic E-state index is -4.48. The quantitative estimate of drug-likeness (QED) is 0.781. The second-order valence-corrected chi connectivity index (χ2v) is 3.20. The zero-order valence-corrected chi connectivity index (χ0v) is 7.97. The normalized spacial score (nSPS) is 13.3. The molecule has 0 bridgehead atoms. The topological polar surface area (TPSA) is 49.8 Å². The molecule has 0 aliphatic heterocycles. The SMILES string of the molecule is C[C@@H](N)c1ccc(C#N)cc1C(F)(F)F. The Bertz CT molecular complexity index is 402. The van der Waals surface area contributed by atoms with Crippen LogP contribution in [0.3, 0.4) is 0 Å². The Labute approximate surface area is 85.1 Å². The van der Waals surface area contributed by atoms with Gasteiger partial charge in [0.25, 0.3) is 0 Å². The highest BCUT2D eigenvalue weighted by Gasteiger charge is 2.34. The lowest BCUT2D eigenvalue weighted by atomic mass is 9.99. The van der Waals surface area contributed by atoms with Crippen LogP contribution in [0, 0.1) is 11.3 Å². The van der Waals surface area contributed by atoms with Crippen LogP contribution < -0.4 is 5.73 Å². The first-order chi connectivity index (χ1) is 6.86. The van der Waals surface area contributed by atoms with Crippen molar-refractivity contribution >= 4 is 0 Å². The first-order valence-corrected chi connectivity index (χ1v) is 4.23. The average Bonchev–Trinajstić information content (AvgIpc) is 2.15. The number of nitrogens with two attached hydrogens (primary N) is 1. The fourth-order valence-corrected chi connectivity index (χ4v) is 1.27. The van der Waals surface area contributed by atoms with Crippen LogP contribution in [0.5, 0.6) is 0 Å². The molecule has 0 aliphatic rings. The third-order valence-electron chi connectivity index (χ3n) is 1.98. The summed E-state index contributed by atoms with van der Waals surface area (Å²) in [5, 5.41) is 8.51. The fourth-order valence-electron chi connectivity index (χ4n) is 1.27. The molecular formula is C10H9F3N2. The smallest absolute Gasteiger partial charge is 0.324 e. The second-order valence-electron chi connectivity index (χ2n) is 3.20. The van der Waals surface area contributed by atoms with E-state index in [2.05, 4.69) is 0 Å². The predicted octanol–water partition coefficient (Wildman–Crippen LogP) is 2.60. The highest BCUT2D eigenvalue weighted by atomic mass is 19.4. The number of hydrogen-bond donors (Lipinski definition) is 1. The van der Waals surface area contributed by atoms with Crippen LogP contribution in [-0.4, -0.2) is 0 Å². The minimum Gasteiger partial charge on any atom is -0.324 e. The Balaban J connectivity index is 3.37. The zero-order valence-electron chi connectivity index (χ0n) is 7.97. The van der Waals surface area contributed by atoms with Gasteiger partial charge in [-0.25, -0.2) is 0 Å². The summed E-state index contributed by atoms with van der Waals surface area (Å²) in [4.78, 5) is 0. The van der Waals surface area contributed by atoms with E-state index in [1.165, 1.54) is 19.1 Å². The molecule has 0 aliphatic carbocycles. The largest absolute Gasteiger partial charge is 0.416 e. The second kappa shape index (κ2) is 3.91. The van der Waals surface area contributed by atoms with Gasteiger partial charge < -0.3 is 5.73 Å². The molecule has 1 rings (SSSR count). The molecule has 15 heavy (non-hydrogen) atoms. The van der Waals surface area contributed by atoms with Crippen molar-refractivity contribution in [2.45, 2.75) is 19.1 Å². The number of halogens is 3. The van der Waals surface area contributed by atoms with Crippen LogP contribution >= 0.6 is 0 Å².